The van der Waals surface area contributed by atoms with Gasteiger partial charge >= 0.3 is 0 Å². The molecule has 2 aromatic rings. The summed E-state index contributed by atoms with van der Waals surface area (Å²) in [7, 11) is -4.48. The molecule has 0 amide bonds. The van der Waals surface area contributed by atoms with Crippen LogP contribution in [0.3, 0.4) is 0 Å². The third-order valence-corrected chi connectivity index (χ3v) is 7.40. The van der Waals surface area contributed by atoms with Gasteiger partial charge in [0.15, 0.2) is 9.84 Å². The van der Waals surface area contributed by atoms with Crippen molar-refractivity contribution in [1.82, 2.24) is 4.31 Å². The van der Waals surface area contributed by atoms with Crippen LogP contribution in [-0.2, 0) is 26.5 Å². The number of sulfone groups is 1. The summed E-state index contributed by atoms with van der Waals surface area (Å²) in [6.45, 7) is 0.0202. The highest BCUT2D eigenvalue weighted by atomic mass is 35.5. The predicted octanol–water partition coefficient (Wildman–Crippen LogP) is 2.52. The molecule has 0 aliphatic heterocycles. The SMILES string of the molecule is CN(C)S(=O)(=O)c1ccc(COc2cccc(S(=O)(=O)C/C(F)=C/CN)c2)cc1.Cl. The molecule has 2 N–H and O–H groups in total. The van der Waals surface area contributed by atoms with Gasteiger partial charge in [-0.3, -0.25) is 0 Å². The lowest BCUT2D eigenvalue weighted by molar-refractivity contribution is 0.305. The number of nitrogens with zero attached hydrogens (tertiary/aromatic N) is 1. The minimum Gasteiger partial charge on any atom is -0.489 e. The molecule has 0 heterocycles. The number of ether oxygens (including phenoxy) is 1. The number of nitrogens with two attached hydrogens (primary N) is 1. The zero-order valence-electron chi connectivity index (χ0n) is 16.5. The first-order chi connectivity index (χ1) is 13.6. The lowest BCUT2D eigenvalue weighted by atomic mass is 10.2. The number of benzene rings is 2. The molecule has 166 valence electrons. The van der Waals surface area contributed by atoms with Gasteiger partial charge in [0, 0.05) is 20.6 Å². The van der Waals surface area contributed by atoms with Crippen molar-refractivity contribution in [2.45, 2.75) is 16.4 Å². The average Bonchev–Trinajstić information content (AvgIpc) is 2.66. The van der Waals surface area contributed by atoms with Gasteiger partial charge in [0.05, 0.1) is 9.79 Å². The highest BCUT2D eigenvalue weighted by molar-refractivity contribution is 7.91. The van der Waals surface area contributed by atoms with Gasteiger partial charge in [-0.15, -0.1) is 12.4 Å². The van der Waals surface area contributed by atoms with Crippen LogP contribution in [0.25, 0.3) is 0 Å². The summed E-state index contributed by atoms with van der Waals surface area (Å²) in [6.07, 6.45) is 1.01. The van der Waals surface area contributed by atoms with Gasteiger partial charge in [0.2, 0.25) is 10.0 Å². The van der Waals surface area contributed by atoms with Crippen molar-refractivity contribution >= 4 is 32.3 Å². The summed E-state index contributed by atoms with van der Waals surface area (Å²) in [6, 6.07) is 11.9. The monoisotopic (exact) mass is 478 g/mol. The minimum absolute atomic E-state index is 0. The average molecular weight is 479 g/mol. The Balaban J connectivity index is 0.00000450. The van der Waals surface area contributed by atoms with Crippen LogP contribution in [0.1, 0.15) is 5.56 Å². The Bertz CT molecular complexity index is 1090. The second-order valence-corrected chi connectivity index (χ2v) is 10.5. The first-order valence-electron chi connectivity index (χ1n) is 8.58. The topological polar surface area (TPSA) is 107 Å². The summed E-state index contributed by atoms with van der Waals surface area (Å²) < 4.78 is 69.0. The first-order valence-corrected chi connectivity index (χ1v) is 11.7. The van der Waals surface area contributed by atoms with Crippen molar-refractivity contribution in [2.75, 3.05) is 26.4 Å². The molecule has 2 aromatic carbocycles. The zero-order valence-corrected chi connectivity index (χ0v) is 18.9. The number of sulfonamides is 1. The normalized spacial score (nSPS) is 12.5. The molecule has 0 bridgehead atoms. The van der Waals surface area contributed by atoms with E-state index in [4.69, 9.17) is 10.5 Å². The van der Waals surface area contributed by atoms with Gasteiger partial charge in [-0.05, 0) is 42.0 Å². The minimum atomic E-state index is -3.87. The van der Waals surface area contributed by atoms with Crippen LogP contribution >= 0.6 is 12.4 Å². The Morgan fingerprint density at radius 3 is 2.27 bits per heavy atom. The quantitative estimate of drug-likeness (QED) is 0.593. The molecule has 0 fully saturated rings. The van der Waals surface area contributed by atoms with Crippen LogP contribution in [0.2, 0.25) is 0 Å². The Morgan fingerprint density at radius 2 is 1.70 bits per heavy atom. The fourth-order valence-electron chi connectivity index (χ4n) is 2.34. The molecule has 0 saturated heterocycles. The predicted molar refractivity (Wildman–Crippen MR) is 116 cm³/mol. The Morgan fingerprint density at radius 1 is 1.07 bits per heavy atom. The molecule has 0 aliphatic carbocycles. The summed E-state index contributed by atoms with van der Waals surface area (Å²) in [5, 5.41) is 0. The maximum atomic E-state index is 13.5. The standard InChI is InChI=1S/C19H23FN2O5S2.ClH/c1-22(2)29(25,26)18-8-6-15(7-9-18)13-27-17-4-3-5-19(12-17)28(23,24)14-16(20)10-11-21;/h3-10,12H,11,13-14,21H2,1-2H3;1H/b16-10-;. The van der Waals surface area contributed by atoms with Gasteiger partial charge in [-0.2, -0.15) is 0 Å². The van der Waals surface area contributed by atoms with E-state index in [1.165, 1.54) is 44.4 Å². The molecule has 30 heavy (non-hydrogen) atoms. The Kier molecular flexibility index (Phi) is 9.44. The van der Waals surface area contributed by atoms with Gasteiger partial charge in [0.25, 0.3) is 0 Å². The summed E-state index contributed by atoms with van der Waals surface area (Å²) >= 11 is 0. The van der Waals surface area contributed by atoms with Crippen LogP contribution in [0.4, 0.5) is 4.39 Å². The molecule has 0 unspecified atom stereocenters. The molecule has 0 radical (unpaired) electrons. The molecule has 0 saturated carbocycles. The van der Waals surface area contributed by atoms with E-state index in [0.29, 0.717) is 11.3 Å². The summed E-state index contributed by atoms with van der Waals surface area (Å²) in [4.78, 5) is 0.0925. The molecule has 2 rings (SSSR count). The van der Waals surface area contributed by atoms with Crippen LogP contribution in [0.5, 0.6) is 5.75 Å². The number of halogens is 2. The Labute approximate surface area is 182 Å². The van der Waals surface area contributed by atoms with Crippen LogP contribution in [0.15, 0.2) is 70.2 Å². The molecule has 11 heteroatoms. The summed E-state index contributed by atoms with van der Waals surface area (Å²) in [5.74, 6) is -1.29. The van der Waals surface area contributed by atoms with Crippen molar-refractivity contribution in [3.05, 3.63) is 66.0 Å². The van der Waals surface area contributed by atoms with E-state index in [2.05, 4.69) is 0 Å². The number of hydrogen-bond donors (Lipinski definition) is 1. The smallest absolute Gasteiger partial charge is 0.242 e. The first kappa shape index (κ1) is 26.1. The van der Waals surface area contributed by atoms with E-state index < -0.39 is 31.4 Å². The van der Waals surface area contributed by atoms with Gasteiger partial charge < -0.3 is 10.5 Å². The molecular formula is C19H24ClFN2O5S2. The van der Waals surface area contributed by atoms with Gasteiger partial charge in [0.1, 0.15) is 23.9 Å². The van der Waals surface area contributed by atoms with Crippen molar-refractivity contribution in [3.8, 4) is 5.75 Å². The third-order valence-electron chi connectivity index (χ3n) is 3.94. The van der Waals surface area contributed by atoms with Gasteiger partial charge in [-0.25, -0.2) is 25.5 Å². The van der Waals surface area contributed by atoms with E-state index in [9.17, 15) is 21.2 Å². The van der Waals surface area contributed by atoms with E-state index >= 15 is 0 Å². The molecule has 0 atom stereocenters. The highest BCUT2D eigenvalue weighted by Gasteiger charge is 2.18. The van der Waals surface area contributed by atoms with E-state index in [1.54, 1.807) is 18.2 Å². The fraction of sp³-hybridized carbons (Fsp3) is 0.263. The molecule has 0 aliphatic rings. The molecule has 7 nitrogen and oxygen atoms in total. The molecule has 0 spiro atoms. The van der Waals surface area contributed by atoms with Crippen LogP contribution in [0, 0.1) is 0 Å². The van der Waals surface area contributed by atoms with Crippen molar-refractivity contribution < 1.29 is 26.0 Å². The van der Waals surface area contributed by atoms with E-state index in [-0.39, 0.29) is 35.3 Å². The number of rotatable bonds is 9. The van der Waals surface area contributed by atoms with Crippen molar-refractivity contribution in [3.63, 3.8) is 0 Å². The van der Waals surface area contributed by atoms with E-state index in [0.717, 1.165) is 10.4 Å². The Hall–Kier alpha value is -1.98. The second kappa shape index (κ2) is 10.9. The second-order valence-electron chi connectivity index (χ2n) is 6.34. The lowest BCUT2D eigenvalue weighted by Crippen LogP contribution is -2.22. The molecular weight excluding hydrogens is 455 g/mol. The highest BCUT2D eigenvalue weighted by Crippen LogP contribution is 2.22. The largest absolute Gasteiger partial charge is 0.489 e. The maximum Gasteiger partial charge on any atom is 0.242 e. The maximum absolute atomic E-state index is 13.5. The summed E-state index contributed by atoms with van der Waals surface area (Å²) in [5.41, 5.74) is 5.89. The number of hydrogen-bond acceptors (Lipinski definition) is 6. The van der Waals surface area contributed by atoms with Crippen molar-refractivity contribution in [1.29, 1.82) is 0 Å². The lowest BCUT2D eigenvalue weighted by Gasteiger charge is -2.12. The van der Waals surface area contributed by atoms with E-state index in [1.807, 2.05) is 0 Å². The van der Waals surface area contributed by atoms with Crippen LogP contribution in [-0.4, -0.2) is 47.5 Å². The van der Waals surface area contributed by atoms with Crippen LogP contribution < -0.4 is 10.5 Å². The zero-order chi connectivity index (χ0) is 21.7. The third kappa shape index (κ3) is 6.78. The molecule has 0 aromatic heterocycles. The van der Waals surface area contributed by atoms with Gasteiger partial charge in [-0.1, -0.05) is 18.2 Å². The fourth-order valence-corrected chi connectivity index (χ4v) is 4.48. The van der Waals surface area contributed by atoms with Crippen molar-refractivity contribution in [2.24, 2.45) is 5.73 Å².